The zero-order chi connectivity index (χ0) is 19.3. The first kappa shape index (κ1) is 19.7. The minimum Gasteiger partial charge on any atom is -0.495 e. The van der Waals surface area contributed by atoms with E-state index in [9.17, 15) is 17.6 Å². The average molecular weight is 380 g/mol. The summed E-state index contributed by atoms with van der Waals surface area (Å²) in [6.07, 6.45) is 0.736. The van der Waals surface area contributed by atoms with Gasteiger partial charge in [-0.1, -0.05) is 19.1 Å². The monoisotopic (exact) mass is 380 g/mol. The molecule has 140 valence electrons. The van der Waals surface area contributed by atoms with Crippen molar-refractivity contribution in [1.82, 2.24) is 5.32 Å². The number of halogens is 1. The molecule has 0 aliphatic rings. The largest absolute Gasteiger partial charge is 0.495 e. The Morgan fingerprint density at radius 1 is 1.23 bits per heavy atom. The highest BCUT2D eigenvalue weighted by atomic mass is 32.2. The van der Waals surface area contributed by atoms with E-state index in [0.29, 0.717) is 0 Å². The van der Waals surface area contributed by atoms with Gasteiger partial charge in [0, 0.05) is 6.04 Å². The van der Waals surface area contributed by atoms with E-state index < -0.39 is 21.7 Å². The molecule has 0 saturated carbocycles. The number of methoxy groups -OCH3 is 1. The summed E-state index contributed by atoms with van der Waals surface area (Å²) in [7, 11) is -2.87. The number of ether oxygens (including phenoxy) is 1. The van der Waals surface area contributed by atoms with Gasteiger partial charge in [0.25, 0.3) is 15.9 Å². The van der Waals surface area contributed by atoms with Crippen LogP contribution in [0.15, 0.2) is 47.4 Å². The van der Waals surface area contributed by atoms with Crippen molar-refractivity contribution in [2.45, 2.75) is 31.2 Å². The van der Waals surface area contributed by atoms with Gasteiger partial charge in [-0.05, 0) is 43.7 Å². The van der Waals surface area contributed by atoms with Crippen LogP contribution in [0, 0.1) is 5.82 Å². The predicted molar refractivity (Wildman–Crippen MR) is 97.4 cm³/mol. The number of carbonyl (C=O) groups excluding carboxylic acids is 1. The van der Waals surface area contributed by atoms with Gasteiger partial charge in [-0.3, -0.25) is 9.52 Å². The fourth-order valence-electron chi connectivity index (χ4n) is 2.23. The van der Waals surface area contributed by atoms with Crippen molar-refractivity contribution in [3.63, 3.8) is 0 Å². The summed E-state index contributed by atoms with van der Waals surface area (Å²) in [5.74, 6) is -1.11. The minimum absolute atomic E-state index is 0.000405. The standard InChI is InChI=1S/C18H21FN2O4S/c1-4-12(2)20-18(22)14-7-5-6-8-15(14)21-26(23,24)17-11-13(19)9-10-16(17)25-3/h5-12,21H,4H2,1-3H3,(H,20,22)/t12-/m1/s1. The molecule has 0 aromatic heterocycles. The van der Waals surface area contributed by atoms with Gasteiger partial charge in [0.15, 0.2) is 0 Å². The topological polar surface area (TPSA) is 84.5 Å². The lowest BCUT2D eigenvalue weighted by Gasteiger charge is -2.16. The molecule has 1 amide bonds. The Hall–Kier alpha value is -2.61. The number of rotatable bonds is 7. The van der Waals surface area contributed by atoms with Crippen LogP contribution in [0.2, 0.25) is 0 Å². The Morgan fingerprint density at radius 3 is 2.58 bits per heavy atom. The summed E-state index contributed by atoms with van der Waals surface area (Å²) in [4.78, 5) is 12.1. The summed E-state index contributed by atoms with van der Waals surface area (Å²) in [6, 6.07) is 9.34. The zero-order valence-corrected chi connectivity index (χ0v) is 15.6. The molecule has 0 saturated heterocycles. The van der Waals surface area contributed by atoms with Crippen LogP contribution in [0.5, 0.6) is 5.75 Å². The number of para-hydroxylation sites is 1. The molecular formula is C18H21FN2O4S. The number of benzene rings is 2. The highest BCUT2D eigenvalue weighted by molar-refractivity contribution is 7.92. The van der Waals surface area contributed by atoms with Crippen LogP contribution in [0.4, 0.5) is 10.1 Å². The van der Waals surface area contributed by atoms with Crippen LogP contribution in [-0.4, -0.2) is 27.5 Å². The minimum atomic E-state index is -4.16. The van der Waals surface area contributed by atoms with E-state index >= 15 is 0 Å². The van der Waals surface area contributed by atoms with Crippen LogP contribution in [0.1, 0.15) is 30.6 Å². The Kier molecular flexibility index (Phi) is 6.20. The maximum Gasteiger partial charge on any atom is 0.265 e. The van der Waals surface area contributed by atoms with E-state index in [0.717, 1.165) is 18.6 Å². The molecular weight excluding hydrogens is 359 g/mol. The van der Waals surface area contributed by atoms with Gasteiger partial charge in [0.05, 0.1) is 18.4 Å². The number of nitrogens with one attached hydrogen (secondary N) is 2. The summed E-state index contributed by atoms with van der Waals surface area (Å²) in [6.45, 7) is 3.78. The predicted octanol–water partition coefficient (Wildman–Crippen LogP) is 3.16. The molecule has 0 unspecified atom stereocenters. The summed E-state index contributed by atoms with van der Waals surface area (Å²) in [5, 5.41) is 2.78. The SMILES string of the molecule is CC[C@@H](C)NC(=O)c1ccccc1NS(=O)(=O)c1cc(F)ccc1OC. The number of amides is 1. The molecule has 8 heteroatoms. The Morgan fingerprint density at radius 2 is 1.92 bits per heavy atom. The van der Waals surface area contributed by atoms with Crippen molar-refractivity contribution in [3.8, 4) is 5.75 Å². The number of sulfonamides is 1. The van der Waals surface area contributed by atoms with Gasteiger partial charge in [-0.2, -0.15) is 0 Å². The third-order valence-electron chi connectivity index (χ3n) is 3.82. The Labute approximate surface area is 152 Å². The van der Waals surface area contributed by atoms with Crippen molar-refractivity contribution < 1.29 is 22.3 Å². The molecule has 2 N–H and O–H groups in total. The first-order valence-corrected chi connectivity index (χ1v) is 9.53. The molecule has 2 aromatic carbocycles. The molecule has 0 bridgehead atoms. The lowest BCUT2D eigenvalue weighted by molar-refractivity contribution is 0.0940. The molecule has 0 heterocycles. The lowest BCUT2D eigenvalue weighted by Crippen LogP contribution is -2.32. The van der Waals surface area contributed by atoms with Gasteiger partial charge in [0.1, 0.15) is 16.5 Å². The fraction of sp³-hybridized carbons (Fsp3) is 0.278. The second-order valence-electron chi connectivity index (χ2n) is 5.73. The molecule has 0 fully saturated rings. The molecule has 0 aliphatic heterocycles. The number of anilines is 1. The third kappa shape index (κ3) is 4.51. The van der Waals surface area contributed by atoms with Crippen LogP contribution in [0.3, 0.4) is 0 Å². The van der Waals surface area contributed by atoms with Crippen molar-refractivity contribution in [2.24, 2.45) is 0 Å². The highest BCUT2D eigenvalue weighted by Gasteiger charge is 2.23. The summed E-state index contributed by atoms with van der Waals surface area (Å²) >= 11 is 0. The molecule has 26 heavy (non-hydrogen) atoms. The van der Waals surface area contributed by atoms with Gasteiger partial charge in [-0.25, -0.2) is 12.8 Å². The third-order valence-corrected chi connectivity index (χ3v) is 5.21. The Bertz CT molecular complexity index is 900. The van der Waals surface area contributed by atoms with E-state index in [4.69, 9.17) is 4.74 Å². The zero-order valence-electron chi connectivity index (χ0n) is 14.7. The van der Waals surface area contributed by atoms with E-state index in [1.807, 2.05) is 13.8 Å². The molecule has 0 radical (unpaired) electrons. The van der Waals surface area contributed by atoms with Crippen LogP contribution in [-0.2, 0) is 10.0 Å². The van der Waals surface area contributed by atoms with Gasteiger partial charge in [0.2, 0.25) is 0 Å². The molecule has 0 aliphatic carbocycles. The first-order chi connectivity index (χ1) is 12.3. The van der Waals surface area contributed by atoms with Crippen molar-refractivity contribution in [3.05, 3.63) is 53.8 Å². The Balaban J connectivity index is 2.40. The normalized spacial score (nSPS) is 12.3. The molecule has 6 nitrogen and oxygen atoms in total. The molecule has 0 spiro atoms. The number of carbonyl (C=O) groups is 1. The van der Waals surface area contributed by atoms with Crippen LogP contribution < -0.4 is 14.8 Å². The number of hydrogen-bond donors (Lipinski definition) is 2. The van der Waals surface area contributed by atoms with E-state index in [1.165, 1.54) is 25.3 Å². The lowest BCUT2D eigenvalue weighted by atomic mass is 10.1. The van der Waals surface area contributed by atoms with E-state index in [1.54, 1.807) is 12.1 Å². The maximum absolute atomic E-state index is 13.5. The maximum atomic E-state index is 13.5. The fourth-order valence-corrected chi connectivity index (χ4v) is 3.50. The molecule has 1 atom stereocenters. The van der Waals surface area contributed by atoms with E-state index in [-0.39, 0.29) is 27.9 Å². The first-order valence-electron chi connectivity index (χ1n) is 8.04. The van der Waals surface area contributed by atoms with Crippen molar-refractivity contribution in [2.75, 3.05) is 11.8 Å². The van der Waals surface area contributed by atoms with Gasteiger partial charge >= 0.3 is 0 Å². The van der Waals surface area contributed by atoms with Crippen molar-refractivity contribution >= 4 is 21.6 Å². The molecule has 2 aromatic rings. The summed E-state index contributed by atoms with van der Waals surface area (Å²) in [5.41, 5.74) is 0.270. The number of hydrogen-bond acceptors (Lipinski definition) is 4. The average Bonchev–Trinajstić information content (AvgIpc) is 2.61. The summed E-state index contributed by atoms with van der Waals surface area (Å²) < 4.78 is 46.3. The molecule has 2 rings (SSSR count). The second kappa shape index (κ2) is 8.18. The van der Waals surface area contributed by atoms with E-state index in [2.05, 4.69) is 10.0 Å². The van der Waals surface area contributed by atoms with Gasteiger partial charge in [-0.15, -0.1) is 0 Å². The quantitative estimate of drug-likeness (QED) is 0.773. The highest BCUT2D eigenvalue weighted by Crippen LogP contribution is 2.27. The van der Waals surface area contributed by atoms with Gasteiger partial charge < -0.3 is 10.1 Å². The van der Waals surface area contributed by atoms with Crippen LogP contribution in [0.25, 0.3) is 0 Å². The van der Waals surface area contributed by atoms with Crippen LogP contribution >= 0.6 is 0 Å². The second-order valence-corrected chi connectivity index (χ2v) is 7.38. The van der Waals surface area contributed by atoms with Crippen molar-refractivity contribution in [1.29, 1.82) is 0 Å². The smallest absolute Gasteiger partial charge is 0.265 e.